The first kappa shape index (κ1) is 30.9. The maximum atomic E-state index is 13.0. The predicted octanol–water partition coefficient (Wildman–Crippen LogP) is 5.33. The average Bonchev–Trinajstić information content (AvgIpc) is 2.91. The first-order valence-electron chi connectivity index (χ1n) is 12.9. The zero-order chi connectivity index (χ0) is 28.7. The Labute approximate surface area is 230 Å². The fourth-order valence-electron chi connectivity index (χ4n) is 3.72. The van der Waals surface area contributed by atoms with E-state index in [0.29, 0.717) is 49.4 Å². The minimum atomic E-state index is -0.991. The van der Waals surface area contributed by atoms with Crippen molar-refractivity contribution in [3.8, 4) is 47.7 Å². The number of carbonyl (C=O) groups is 2. The average molecular weight is 537 g/mol. The Bertz CT molecular complexity index is 1050. The topological polar surface area (TPSA) is 89.5 Å². The first-order valence-corrected chi connectivity index (χ1v) is 12.9. The zero-order valence-electron chi connectivity index (χ0n) is 23.0. The third-order valence-electron chi connectivity index (χ3n) is 5.45. The summed E-state index contributed by atoms with van der Waals surface area (Å²) in [6.45, 7) is 8.70. The normalized spacial score (nSPS) is 10.5. The highest BCUT2D eigenvalue weighted by atomic mass is 16.5. The molecule has 0 aliphatic carbocycles. The largest absolute Gasteiger partial charge is 0.494 e. The minimum Gasteiger partial charge on any atom is -0.494 e. The van der Waals surface area contributed by atoms with E-state index in [2.05, 4.69) is 11.8 Å². The van der Waals surface area contributed by atoms with E-state index in [4.69, 9.17) is 41.3 Å². The number of hydrogen-bond acceptors (Lipinski definition) is 8. The fraction of sp³-hybridized carbons (Fsp3) is 0.419. The molecule has 0 radical (unpaired) electrons. The third kappa shape index (κ3) is 9.50. The predicted molar refractivity (Wildman–Crippen MR) is 147 cm³/mol. The molecule has 0 spiro atoms. The van der Waals surface area contributed by atoms with Gasteiger partial charge in [0, 0.05) is 25.0 Å². The molecule has 0 fully saturated rings. The molecule has 0 aliphatic heterocycles. The summed E-state index contributed by atoms with van der Waals surface area (Å²) in [7, 11) is 0. The van der Waals surface area contributed by atoms with E-state index in [1.165, 1.54) is 0 Å². The van der Waals surface area contributed by atoms with Gasteiger partial charge in [-0.3, -0.25) is 0 Å². The van der Waals surface area contributed by atoms with Gasteiger partial charge in [0.1, 0.15) is 36.2 Å². The summed E-state index contributed by atoms with van der Waals surface area (Å²) in [6, 6.07) is 9.67. The van der Waals surface area contributed by atoms with Crippen molar-refractivity contribution < 1.29 is 38.0 Å². The molecule has 208 valence electrons. The van der Waals surface area contributed by atoms with Crippen LogP contribution in [0.4, 0.5) is 0 Å². The van der Waals surface area contributed by atoms with Crippen molar-refractivity contribution in [3.63, 3.8) is 0 Å². The molecular formula is C31H36O8. The van der Waals surface area contributed by atoms with E-state index in [-0.39, 0.29) is 37.2 Å². The van der Waals surface area contributed by atoms with Gasteiger partial charge in [-0.1, -0.05) is 0 Å². The van der Waals surface area contributed by atoms with E-state index in [0.717, 1.165) is 0 Å². The van der Waals surface area contributed by atoms with Gasteiger partial charge in [-0.2, -0.15) is 0 Å². The second kappa shape index (κ2) is 15.8. The summed E-state index contributed by atoms with van der Waals surface area (Å²) < 4.78 is 33.4. The number of ether oxygens (including phenoxy) is 6. The molecule has 0 aliphatic rings. The van der Waals surface area contributed by atoms with E-state index in [1.54, 1.807) is 36.4 Å². The Morgan fingerprint density at radius 1 is 0.615 bits per heavy atom. The van der Waals surface area contributed by atoms with Gasteiger partial charge >= 0.3 is 11.9 Å². The lowest BCUT2D eigenvalue weighted by Gasteiger charge is -2.29. The van der Waals surface area contributed by atoms with E-state index in [1.807, 2.05) is 27.7 Å². The molecule has 0 saturated carbocycles. The summed E-state index contributed by atoms with van der Waals surface area (Å²) in [5.74, 6) is 5.80. The minimum absolute atomic E-state index is 0.115. The second-order valence-corrected chi connectivity index (χ2v) is 8.53. The van der Waals surface area contributed by atoms with Crippen molar-refractivity contribution in [2.45, 2.75) is 40.5 Å². The lowest BCUT2D eigenvalue weighted by Crippen LogP contribution is -2.34. The highest BCUT2D eigenvalue weighted by Gasteiger charge is 2.33. The number of hydrogen-bond donors (Lipinski definition) is 0. The Morgan fingerprint density at radius 3 is 1.18 bits per heavy atom. The monoisotopic (exact) mass is 536 g/mol. The number of terminal acetylenes is 2. The Balaban J connectivity index is 2.22. The van der Waals surface area contributed by atoms with Crippen LogP contribution in [0.5, 0.6) is 23.0 Å². The smallest absolute Gasteiger partial charge is 0.338 e. The van der Waals surface area contributed by atoms with Crippen molar-refractivity contribution in [1.29, 1.82) is 0 Å². The molecule has 0 atom stereocenters. The van der Waals surface area contributed by atoms with Crippen LogP contribution in [0.2, 0.25) is 0 Å². The van der Waals surface area contributed by atoms with E-state index in [9.17, 15) is 9.59 Å². The SMILES string of the molecule is C#CCC(CC#C)(COC(=O)c1cc(OCC)cc(OCC)c1)COC(=O)c1cc(OCC)cc(OCC)c1. The van der Waals surface area contributed by atoms with Gasteiger partial charge in [0.05, 0.1) is 43.0 Å². The zero-order valence-corrected chi connectivity index (χ0v) is 23.0. The van der Waals surface area contributed by atoms with Crippen LogP contribution in [0.1, 0.15) is 61.3 Å². The van der Waals surface area contributed by atoms with Crippen LogP contribution in [0, 0.1) is 30.1 Å². The molecular weight excluding hydrogens is 500 g/mol. The molecule has 0 aromatic heterocycles. The molecule has 0 saturated heterocycles. The Morgan fingerprint density at radius 2 is 0.923 bits per heavy atom. The molecule has 39 heavy (non-hydrogen) atoms. The van der Waals surface area contributed by atoms with E-state index < -0.39 is 17.4 Å². The molecule has 0 heterocycles. The van der Waals surface area contributed by atoms with Gasteiger partial charge in [-0.05, 0) is 52.0 Å². The van der Waals surface area contributed by atoms with Gasteiger partial charge < -0.3 is 28.4 Å². The lowest BCUT2D eigenvalue weighted by atomic mass is 9.83. The maximum Gasteiger partial charge on any atom is 0.338 e. The van der Waals surface area contributed by atoms with Gasteiger partial charge in [0.2, 0.25) is 0 Å². The van der Waals surface area contributed by atoms with Crippen LogP contribution in [0.3, 0.4) is 0 Å². The van der Waals surface area contributed by atoms with Crippen LogP contribution >= 0.6 is 0 Å². The van der Waals surface area contributed by atoms with Crippen LogP contribution in [0.15, 0.2) is 36.4 Å². The molecule has 2 rings (SSSR count). The van der Waals surface area contributed by atoms with Crippen LogP contribution in [-0.4, -0.2) is 51.6 Å². The lowest BCUT2D eigenvalue weighted by molar-refractivity contribution is -0.00251. The molecule has 0 bridgehead atoms. The quantitative estimate of drug-likeness (QED) is 0.210. The van der Waals surface area contributed by atoms with Crippen LogP contribution in [0.25, 0.3) is 0 Å². The highest BCUT2D eigenvalue weighted by molar-refractivity contribution is 5.91. The second-order valence-electron chi connectivity index (χ2n) is 8.53. The number of rotatable bonds is 16. The fourth-order valence-corrected chi connectivity index (χ4v) is 3.72. The van der Waals surface area contributed by atoms with Gasteiger partial charge in [-0.15, -0.1) is 24.7 Å². The summed E-state index contributed by atoms with van der Waals surface area (Å²) in [5, 5.41) is 0. The molecule has 8 heteroatoms. The van der Waals surface area contributed by atoms with Crippen molar-refractivity contribution in [1.82, 2.24) is 0 Å². The van der Waals surface area contributed by atoms with Crippen molar-refractivity contribution >= 4 is 11.9 Å². The molecule has 8 nitrogen and oxygen atoms in total. The van der Waals surface area contributed by atoms with Crippen molar-refractivity contribution in [2.75, 3.05) is 39.6 Å². The molecule has 0 unspecified atom stereocenters. The number of benzene rings is 2. The van der Waals surface area contributed by atoms with Crippen LogP contribution < -0.4 is 18.9 Å². The molecule has 0 N–H and O–H groups in total. The molecule has 2 aromatic carbocycles. The number of carbonyl (C=O) groups excluding carboxylic acids is 2. The molecule has 2 aromatic rings. The van der Waals surface area contributed by atoms with Crippen molar-refractivity contribution in [3.05, 3.63) is 47.5 Å². The Hall–Kier alpha value is -4.30. The number of esters is 2. The maximum absolute atomic E-state index is 13.0. The van der Waals surface area contributed by atoms with Gasteiger partial charge in [-0.25, -0.2) is 9.59 Å². The summed E-state index contributed by atoms with van der Waals surface area (Å²) in [5.41, 5.74) is -0.504. The summed E-state index contributed by atoms with van der Waals surface area (Å²) in [4.78, 5) is 26.0. The highest BCUT2D eigenvalue weighted by Crippen LogP contribution is 2.30. The Kier molecular flexibility index (Phi) is 12.6. The van der Waals surface area contributed by atoms with Crippen LogP contribution in [-0.2, 0) is 9.47 Å². The third-order valence-corrected chi connectivity index (χ3v) is 5.45. The van der Waals surface area contributed by atoms with Crippen molar-refractivity contribution in [2.24, 2.45) is 5.41 Å². The van der Waals surface area contributed by atoms with E-state index >= 15 is 0 Å². The first-order chi connectivity index (χ1) is 18.8. The summed E-state index contributed by atoms with van der Waals surface area (Å²) in [6.07, 6.45) is 11.5. The molecule has 0 amide bonds. The van der Waals surface area contributed by atoms with Gasteiger partial charge in [0.15, 0.2) is 0 Å². The standard InChI is InChI=1S/C31H36O8/c1-7-13-31(14-8-2,21-38-29(32)23-15-25(34-9-3)19-26(16-23)35-10-4)22-39-30(33)24-17-27(36-11-5)20-28(18-24)37-12-6/h1-2,15-20H,9-14,21-22H2,3-6H3. The van der Waals surface area contributed by atoms with Gasteiger partial charge in [0.25, 0.3) is 0 Å². The summed E-state index contributed by atoms with van der Waals surface area (Å²) >= 11 is 0.